The SMILES string of the molecule is CCCCCCCCCCCCC/C=C/C(=O)SCCNC(C)=O. The number of amides is 1. The van der Waals surface area contributed by atoms with Crippen LogP contribution in [0.25, 0.3) is 0 Å². The number of hydrogen-bond acceptors (Lipinski definition) is 3. The van der Waals surface area contributed by atoms with Gasteiger partial charge >= 0.3 is 0 Å². The molecule has 0 aromatic carbocycles. The summed E-state index contributed by atoms with van der Waals surface area (Å²) in [5.74, 6) is 0.594. The molecule has 0 aliphatic carbocycles. The molecule has 0 fully saturated rings. The van der Waals surface area contributed by atoms with Crippen molar-refractivity contribution >= 4 is 22.8 Å². The van der Waals surface area contributed by atoms with E-state index in [-0.39, 0.29) is 11.0 Å². The minimum atomic E-state index is -0.0462. The molecule has 0 aliphatic rings. The molecule has 24 heavy (non-hydrogen) atoms. The van der Waals surface area contributed by atoms with Gasteiger partial charge in [0.15, 0.2) is 0 Å². The van der Waals surface area contributed by atoms with Gasteiger partial charge in [-0.2, -0.15) is 0 Å². The van der Waals surface area contributed by atoms with Crippen molar-refractivity contribution in [1.29, 1.82) is 0 Å². The molecule has 0 aliphatic heterocycles. The van der Waals surface area contributed by atoms with E-state index in [2.05, 4.69) is 12.2 Å². The lowest BCUT2D eigenvalue weighted by molar-refractivity contribution is -0.118. The Bertz CT molecular complexity index is 343. The molecule has 0 rings (SSSR count). The summed E-state index contributed by atoms with van der Waals surface area (Å²) in [6.07, 6.45) is 19.5. The second kappa shape index (κ2) is 18.6. The highest BCUT2D eigenvalue weighted by molar-refractivity contribution is 8.14. The number of nitrogens with one attached hydrogen (secondary N) is 1. The van der Waals surface area contributed by atoms with E-state index >= 15 is 0 Å². The van der Waals surface area contributed by atoms with Gasteiger partial charge in [0, 0.05) is 19.2 Å². The summed E-state index contributed by atoms with van der Waals surface area (Å²) in [5.41, 5.74) is 0. The van der Waals surface area contributed by atoms with Crippen LogP contribution in [-0.4, -0.2) is 23.3 Å². The van der Waals surface area contributed by atoms with E-state index in [1.807, 2.05) is 6.08 Å². The molecule has 0 saturated carbocycles. The largest absolute Gasteiger partial charge is 0.356 e. The number of unbranched alkanes of at least 4 members (excludes halogenated alkanes) is 11. The van der Waals surface area contributed by atoms with Crippen LogP contribution >= 0.6 is 11.8 Å². The van der Waals surface area contributed by atoms with Crippen LogP contribution in [0.4, 0.5) is 0 Å². The fourth-order valence-corrected chi connectivity index (χ4v) is 3.13. The quantitative estimate of drug-likeness (QED) is 0.288. The molecule has 0 unspecified atom stereocenters. The molecule has 0 spiro atoms. The van der Waals surface area contributed by atoms with Crippen LogP contribution in [0.1, 0.15) is 90.9 Å². The van der Waals surface area contributed by atoms with Gasteiger partial charge < -0.3 is 5.32 Å². The topological polar surface area (TPSA) is 46.2 Å². The normalized spacial score (nSPS) is 11.1. The molecule has 1 N–H and O–H groups in total. The molecule has 140 valence electrons. The van der Waals surface area contributed by atoms with Crippen molar-refractivity contribution in [3.63, 3.8) is 0 Å². The summed E-state index contributed by atoms with van der Waals surface area (Å²) in [5, 5.41) is 2.77. The van der Waals surface area contributed by atoms with E-state index in [1.165, 1.54) is 89.3 Å². The lowest BCUT2D eigenvalue weighted by atomic mass is 10.1. The van der Waals surface area contributed by atoms with Crippen molar-refractivity contribution in [2.45, 2.75) is 90.9 Å². The van der Waals surface area contributed by atoms with Gasteiger partial charge in [0.1, 0.15) is 0 Å². The highest BCUT2D eigenvalue weighted by Gasteiger charge is 1.98. The van der Waals surface area contributed by atoms with Gasteiger partial charge in [-0.05, 0) is 18.9 Å². The van der Waals surface area contributed by atoms with Crippen LogP contribution in [-0.2, 0) is 9.59 Å². The molecule has 0 aromatic heterocycles. The third-order valence-corrected chi connectivity index (χ3v) is 4.78. The Morgan fingerprint density at radius 1 is 0.875 bits per heavy atom. The Balaban J connectivity index is 3.25. The summed E-state index contributed by atoms with van der Waals surface area (Å²) in [6.45, 7) is 4.30. The monoisotopic (exact) mass is 355 g/mol. The molecule has 0 radical (unpaired) electrons. The van der Waals surface area contributed by atoms with Crippen LogP contribution in [0.15, 0.2) is 12.2 Å². The summed E-state index contributed by atoms with van der Waals surface area (Å²) in [4.78, 5) is 22.2. The van der Waals surface area contributed by atoms with Gasteiger partial charge in [-0.15, -0.1) is 0 Å². The molecule has 0 saturated heterocycles. The van der Waals surface area contributed by atoms with Gasteiger partial charge in [0.2, 0.25) is 11.0 Å². The van der Waals surface area contributed by atoms with Gasteiger partial charge in [0.25, 0.3) is 0 Å². The molecule has 0 aromatic rings. The van der Waals surface area contributed by atoms with E-state index in [1.54, 1.807) is 6.08 Å². The highest BCUT2D eigenvalue weighted by Crippen LogP contribution is 2.12. The van der Waals surface area contributed by atoms with E-state index in [4.69, 9.17) is 0 Å². The Kier molecular flexibility index (Phi) is 18.0. The smallest absolute Gasteiger partial charge is 0.216 e. The van der Waals surface area contributed by atoms with Crippen LogP contribution in [0.2, 0.25) is 0 Å². The molecular formula is C20H37NO2S. The maximum atomic E-state index is 11.6. The summed E-state index contributed by atoms with van der Waals surface area (Å²) in [7, 11) is 0. The lowest BCUT2D eigenvalue weighted by Gasteiger charge is -2.01. The second-order valence-corrected chi connectivity index (χ2v) is 7.48. The summed E-state index contributed by atoms with van der Waals surface area (Å²) in [6, 6.07) is 0. The first-order chi connectivity index (χ1) is 11.7. The van der Waals surface area contributed by atoms with Gasteiger partial charge in [-0.1, -0.05) is 89.0 Å². The van der Waals surface area contributed by atoms with E-state index in [0.29, 0.717) is 12.3 Å². The number of carbonyl (C=O) groups is 2. The maximum absolute atomic E-state index is 11.6. The van der Waals surface area contributed by atoms with E-state index in [0.717, 1.165) is 6.42 Å². The van der Waals surface area contributed by atoms with Crippen LogP contribution in [0.3, 0.4) is 0 Å². The lowest BCUT2D eigenvalue weighted by Crippen LogP contribution is -2.22. The van der Waals surface area contributed by atoms with Crippen molar-refractivity contribution in [2.24, 2.45) is 0 Å². The third kappa shape index (κ3) is 19.3. The minimum absolute atomic E-state index is 0.0462. The molecule has 0 bridgehead atoms. The Labute approximate surface area is 153 Å². The highest BCUT2D eigenvalue weighted by atomic mass is 32.2. The number of hydrogen-bond donors (Lipinski definition) is 1. The van der Waals surface area contributed by atoms with E-state index < -0.39 is 0 Å². The zero-order chi connectivity index (χ0) is 17.9. The predicted molar refractivity (Wildman–Crippen MR) is 106 cm³/mol. The first kappa shape index (κ1) is 23.2. The number of rotatable bonds is 16. The Morgan fingerprint density at radius 3 is 1.96 bits per heavy atom. The van der Waals surface area contributed by atoms with Crippen LogP contribution in [0, 0.1) is 0 Å². The molecule has 0 heterocycles. The van der Waals surface area contributed by atoms with E-state index in [9.17, 15) is 9.59 Å². The first-order valence-corrected chi connectivity index (χ1v) is 10.7. The third-order valence-electron chi connectivity index (χ3n) is 3.95. The fourth-order valence-electron chi connectivity index (χ4n) is 2.53. The van der Waals surface area contributed by atoms with Gasteiger partial charge in [0.05, 0.1) is 0 Å². The molecule has 1 amide bonds. The maximum Gasteiger partial charge on any atom is 0.216 e. The average molecular weight is 356 g/mol. The number of carbonyl (C=O) groups excluding carboxylic acids is 2. The zero-order valence-electron chi connectivity index (χ0n) is 15.8. The van der Waals surface area contributed by atoms with Crippen molar-refractivity contribution in [1.82, 2.24) is 5.32 Å². The molecule has 0 atom stereocenters. The number of thioether (sulfide) groups is 1. The summed E-state index contributed by atoms with van der Waals surface area (Å²) < 4.78 is 0. The van der Waals surface area contributed by atoms with Crippen LogP contribution in [0.5, 0.6) is 0 Å². The molecule has 4 heteroatoms. The van der Waals surface area contributed by atoms with Crippen molar-refractivity contribution < 1.29 is 9.59 Å². The fraction of sp³-hybridized carbons (Fsp3) is 0.800. The van der Waals surface area contributed by atoms with Crippen LogP contribution < -0.4 is 5.32 Å². The first-order valence-electron chi connectivity index (χ1n) is 9.74. The molecule has 3 nitrogen and oxygen atoms in total. The van der Waals surface area contributed by atoms with Gasteiger partial charge in [-0.3, -0.25) is 9.59 Å². The van der Waals surface area contributed by atoms with Crippen molar-refractivity contribution in [3.8, 4) is 0 Å². The minimum Gasteiger partial charge on any atom is -0.356 e. The van der Waals surface area contributed by atoms with Crippen molar-refractivity contribution in [2.75, 3.05) is 12.3 Å². The standard InChI is InChI=1S/C20H37NO2S/c1-3-4-5-6-7-8-9-10-11-12-13-14-15-16-20(23)24-18-17-21-19(2)22/h15-16H,3-14,17-18H2,1-2H3,(H,21,22)/b16-15+. The Morgan fingerprint density at radius 2 is 1.42 bits per heavy atom. The average Bonchev–Trinajstić information content (AvgIpc) is 2.55. The van der Waals surface area contributed by atoms with Crippen molar-refractivity contribution in [3.05, 3.63) is 12.2 Å². The predicted octanol–water partition coefficient (Wildman–Crippen LogP) is 5.64. The number of allylic oxidation sites excluding steroid dienone is 1. The Hall–Kier alpha value is -0.770. The molecular weight excluding hydrogens is 318 g/mol. The second-order valence-electron chi connectivity index (χ2n) is 6.38. The summed E-state index contributed by atoms with van der Waals surface area (Å²) >= 11 is 1.26. The van der Waals surface area contributed by atoms with Gasteiger partial charge in [-0.25, -0.2) is 0 Å². The zero-order valence-corrected chi connectivity index (χ0v) is 16.6.